The molecule has 2 fully saturated rings. The first-order valence-corrected chi connectivity index (χ1v) is 13.2. The fourth-order valence-corrected chi connectivity index (χ4v) is 8.13. The Morgan fingerprint density at radius 1 is 1.18 bits per heavy atom. The third-order valence-corrected chi connectivity index (χ3v) is 9.73. The number of sulfonamides is 1. The summed E-state index contributed by atoms with van der Waals surface area (Å²) < 4.78 is 28.8. The number of carbonyl (C=O) groups is 2. The van der Waals surface area contributed by atoms with E-state index in [1.165, 1.54) is 24.3 Å². The zero-order chi connectivity index (χ0) is 23.8. The maximum atomic E-state index is 13.6. The monoisotopic (exact) mass is 487 g/mol. The minimum atomic E-state index is -3.75. The van der Waals surface area contributed by atoms with Crippen LogP contribution in [0.1, 0.15) is 69.0 Å². The van der Waals surface area contributed by atoms with Crippen LogP contribution in [0.25, 0.3) is 0 Å². The van der Waals surface area contributed by atoms with Crippen molar-refractivity contribution in [1.82, 2.24) is 4.31 Å². The van der Waals surface area contributed by atoms with Gasteiger partial charge in [-0.1, -0.05) is 12.8 Å². The zero-order valence-corrected chi connectivity index (χ0v) is 19.8. The molecule has 1 aliphatic heterocycles. The van der Waals surface area contributed by atoms with E-state index < -0.39 is 21.9 Å². The fourth-order valence-electron chi connectivity index (χ4n) is 4.92. The van der Waals surface area contributed by atoms with Gasteiger partial charge in [-0.05, 0) is 62.8 Å². The highest BCUT2D eigenvalue weighted by molar-refractivity contribution is 7.89. The minimum Gasteiger partial charge on any atom is -0.478 e. The van der Waals surface area contributed by atoms with Gasteiger partial charge in [-0.25, -0.2) is 13.2 Å². The van der Waals surface area contributed by atoms with Crippen LogP contribution in [0, 0.1) is 24.2 Å². The van der Waals surface area contributed by atoms with Gasteiger partial charge in [0, 0.05) is 17.5 Å². The van der Waals surface area contributed by atoms with Gasteiger partial charge in [0.2, 0.25) is 10.0 Å². The van der Waals surface area contributed by atoms with Crippen LogP contribution in [0.5, 0.6) is 0 Å². The minimum absolute atomic E-state index is 0.0193. The molecule has 33 heavy (non-hydrogen) atoms. The normalized spacial score (nSPS) is 21.1. The number of hydrogen-bond acceptors (Lipinski definition) is 6. The van der Waals surface area contributed by atoms with E-state index in [1.807, 2.05) is 6.07 Å². The van der Waals surface area contributed by atoms with E-state index in [1.54, 1.807) is 11.2 Å². The lowest BCUT2D eigenvalue weighted by atomic mass is 9.79. The van der Waals surface area contributed by atoms with Crippen LogP contribution < -0.4 is 5.32 Å². The van der Waals surface area contributed by atoms with E-state index in [9.17, 15) is 23.1 Å². The van der Waals surface area contributed by atoms with E-state index in [0.717, 1.165) is 49.9 Å². The first-order valence-electron chi connectivity index (χ1n) is 10.9. The van der Waals surface area contributed by atoms with Crippen LogP contribution in [0.2, 0.25) is 0 Å². The molecule has 1 saturated heterocycles. The highest BCUT2D eigenvalue weighted by Gasteiger charge is 2.41. The molecule has 2 heterocycles. The number of carboxylic acids is 1. The number of benzene rings is 1. The van der Waals surface area contributed by atoms with Gasteiger partial charge < -0.3 is 10.4 Å². The van der Waals surface area contributed by atoms with Crippen LogP contribution in [0.4, 0.5) is 5.69 Å². The van der Waals surface area contributed by atoms with Crippen LogP contribution in [-0.2, 0) is 10.0 Å². The van der Waals surface area contributed by atoms with Crippen molar-refractivity contribution >= 4 is 38.9 Å². The Labute approximate surface area is 196 Å². The van der Waals surface area contributed by atoms with E-state index in [0.29, 0.717) is 17.3 Å². The zero-order valence-electron chi connectivity index (χ0n) is 18.2. The number of nitriles is 1. The van der Waals surface area contributed by atoms with Gasteiger partial charge in [0.05, 0.1) is 32.7 Å². The number of hydrogen-bond donors (Lipinski definition) is 2. The SMILES string of the molecule is Cc1sc(C(=O)Nc2ccc(C#N)cc2C(=O)O)cc1S(=O)(=O)N1CCCC2CCCCC21. The molecule has 0 bridgehead atoms. The Bertz CT molecular complexity index is 1240. The number of anilines is 1. The van der Waals surface area contributed by atoms with Gasteiger partial charge in [-0.15, -0.1) is 11.3 Å². The molecule has 1 aromatic heterocycles. The van der Waals surface area contributed by atoms with Crippen molar-refractivity contribution in [2.24, 2.45) is 5.92 Å². The molecule has 8 nitrogen and oxygen atoms in total. The molecule has 2 aliphatic rings. The van der Waals surface area contributed by atoms with Crippen molar-refractivity contribution in [1.29, 1.82) is 5.26 Å². The lowest BCUT2D eigenvalue weighted by Crippen LogP contribution is -2.49. The fraction of sp³-hybridized carbons (Fsp3) is 0.435. The Kier molecular flexibility index (Phi) is 6.56. The first-order chi connectivity index (χ1) is 15.7. The summed E-state index contributed by atoms with van der Waals surface area (Å²) in [5.74, 6) is -1.47. The number of thiophene rings is 1. The third-order valence-electron chi connectivity index (χ3n) is 6.50. The standard InChI is InChI=1S/C23H25N3O5S2/c1-14-21(33(30,31)26-10-4-6-16-5-2-3-7-19(16)26)12-20(32-14)22(27)25-18-9-8-15(13-24)11-17(18)23(28)29/h8-9,11-12,16,19H,2-7,10H2,1H3,(H,25,27)(H,28,29). The Morgan fingerprint density at radius 3 is 2.64 bits per heavy atom. The molecule has 0 radical (unpaired) electrons. The van der Waals surface area contributed by atoms with Gasteiger partial charge in [0.15, 0.2) is 0 Å². The average molecular weight is 488 g/mol. The highest BCUT2D eigenvalue weighted by atomic mass is 32.2. The molecule has 1 aromatic carbocycles. The summed E-state index contributed by atoms with van der Waals surface area (Å²) in [7, 11) is -3.75. The van der Waals surface area contributed by atoms with Crippen LogP contribution in [0.3, 0.4) is 0 Å². The van der Waals surface area contributed by atoms with Crippen molar-refractivity contribution in [3.05, 3.63) is 45.1 Å². The summed E-state index contributed by atoms with van der Waals surface area (Å²) in [5, 5.41) is 21.0. The molecular weight excluding hydrogens is 462 g/mol. The van der Waals surface area contributed by atoms with Crippen molar-refractivity contribution in [2.45, 2.75) is 56.4 Å². The number of piperidine rings is 1. The maximum Gasteiger partial charge on any atom is 0.337 e. The summed E-state index contributed by atoms with van der Waals surface area (Å²) in [4.78, 5) is 25.3. The number of aromatic carboxylic acids is 1. The summed E-state index contributed by atoms with van der Waals surface area (Å²) in [5.41, 5.74) is -0.00323. The molecule has 2 unspecified atom stereocenters. The molecular formula is C23H25N3O5S2. The summed E-state index contributed by atoms with van der Waals surface area (Å²) in [6, 6.07) is 7.23. The quantitative estimate of drug-likeness (QED) is 0.650. The molecule has 1 aliphatic carbocycles. The molecule has 2 atom stereocenters. The number of rotatable bonds is 5. The number of carboxylic acid groups (broad SMARTS) is 1. The molecule has 10 heteroatoms. The molecule has 174 valence electrons. The largest absolute Gasteiger partial charge is 0.478 e. The van der Waals surface area contributed by atoms with Crippen molar-refractivity contribution in [3.63, 3.8) is 0 Å². The summed E-state index contributed by atoms with van der Waals surface area (Å²) in [6.45, 7) is 2.18. The van der Waals surface area contributed by atoms with Gasteiger partial charge in [0.25, 0.3) is 5.91 Å². The number of nitrogens with one attached hydrogen (secondary N) is 1. The van der Waals surface area contributed by atoms with Gasteiger partial charge in [0.1, 0.15) is 0 Å². The highest BCUT2D eigenvalue weighted by Crippen LogP contribution is 2.39. The van der Waals surface area contributed by atoms with Crippen LogP contribution in [0.15, 0.2) is 29.2 Å². The number of amides is 1. The van der Waals surface area contributed by atoms with Gasteiger partial charge in [-0.3, -0.25) is 4.79 Å². The van der Waals surface area contributed by atoms with Crippen molar-refractivity contribution in [3.8, 4) is 6.07 Å². The molecule has 2 N–H and O–H groups in total. The summed E-state index contributed by atoms with van der Waals surface area (Å²) >= 11 is 1.07. The summed E-state index contributed by atoms with van der Waals surface area (Å²) in [6.07, 6.45) is 6.00. The number of carbonyl (C=O) groups excluding carboxylic acids is 1. The first kappa shape index (κ1) is 23.4. The number of nitrogens with zero attached hydrogens (tertiary/aromatic N) is 2. The number of fused-ring (bicyclic) bond motifs is 1. The van der Waals surface area contributed by atoms with E-state index >= 15 is 0 Å². The Balaban J connectivity index is 1.60. The second kappa shape index (κ2) is 9.25. The topological polar surface area (TPSA) is 128 Å². The Morgan fingerprint density at radius 2 is 1.91 bits per heavy atom. The maximum absolute atomic E-state index is 13.6. The predicted octanol–water partition coefficient (Wildman–Crippen LogP) is 4.22. The lowest BCUT2D eigenvalue weighted by molar-refractivity contribution is 0.0698. The van der Waals surface area contributed by atoms with Crippen LogP contribution >= 0.6 is 11.3 Å². The molecule has 4 rings (SSSR count). The van der Waals surface area contributed by atoms with Crippen LogP contribution in [-0.4, -0.2) is 42.3 Å². The smallest absolute Gasteiger partial charge is 0.337 e. The molecule has 1 saturated carbocycles. The van der Waals surface area contributed by atoms with Gasteiger partial charge >= 0.3 is 5.97 Å². The van der Waals surface area contributed by atoms with E-state index in [-0.39, 0.29) is 32.6 Å². The Hall–Kier alpha value is -2.74. The molecule has 0 spiro atoms. The predicted molar refractivity (Wildman–Crippen MR) is 124 cm³/mol. The second-order valence-electron chi connectivity index (χ2n) is 8.53. The van der Waals surface area contributed by atoms with Crippen molar-refractivity contribution in [2.75, 3.05) is 11.9 Å². The van der Waals surface area contributed by atoms with Crippen molar-refractivity contribution < 1.29 is 23.1 Å². The van der Waals surface area contributed by atoms with E-state index in [2.05, 4.69) is 5.32 Å². The third kappa shape index (κ3) is 4.53. The number of aryl methyl sites for hydroxylation is 1. The van der Waals surface area contributed by atoms with E-state index in [4.69, 9.17) is 5.26 Å². The van der Waals surface area contributed by atoms with Gasteiger partial charge in [-0.2, -0.15) is 9.57 Å². The lowest BCUT2D eigenvalue weighted by Gasteiger charge is -2.43. The average Bonchev–Trinajstić information content (AvgIpc) is 3.21. The molecule has 2 aromatic rings. The molecule has 1 amide bonds. The second-order valence-corrected chi connectivity index (χ2v) is 11.6.